The van der Waals surface area contributed by atoms with Crippen LogP contribution >= 0.6 is 0 Å². The molecule has 0 unspecified atom stereocenters. The summed E-state index contributed by atoms with van der Waals surface area (Å²) in [5, 5.41) is 21.3. The summed E-state index contributed by atoms with van der Waals surface area (Å²) in [5.74, 6) is -6.28. The van der Waals surface area contributed by atoms with Gasteiger partial charge in [-0.25, -0.2) is 0 Å². The van der Waals surface area contributed by atoms with E-state index in [-0.39, 0.29) is 46.5 Å². The summed E-state index contributed by atoms with van der Waals surface area (Å²) >= 11 is 0. The highest BCUT2D eigenvalue weighted by Crippen LogP contribution is 2.28. The van der Waals surface area contributed by atoms with Gasteiger partial charge in [0.15, 0.2) is 5.78 Å². The van der Waals surface area contributed by atoms with Crippen LogP contribution in [0.2, 0.25) is 0 Å². The number of hydrogen-bond donors (Lipinski definition) is 0. The number of aliphatic carboxylic acids is 2. The van der Waals surface area contributed by atoms with Crippen molar-refractivity contribution in [3.05, 3.63) is 69.8 Å². The van der Waals surface area contributed by atoms with Gasteiger partial charge in [0.05, 0.1) is 22.3 Å². The van der Waals surface area contributed by atoms with E-state index >= 15 is 0 Å². The van der Waals surface area contributed by atoms with Crippen LogP contribution in [0, 0.1) is 0 Å². The third-order valence-electron chi connectivity index (χ3n) is 5.54. The van der Waals surface area contributed by atoms with Gasteiger partial charge in [-0.05, 0) is 24.3 Å². The lowest BCUT2D eigenvalue weighted by atomic mass is 9.96. The molecule has 4 amide bonds. The number of fused-ring (bicyclic) bond motifs is 2. The van der Waals surface area contributed by atoms with Crippen molar-refractivity contribution in [3.63, 3.8) is 0 Å². The van der Waals surface area contributed by atoms with Gasteiger partial charge in [0.25, 0.3) is 23.6 Å². The van der Waals surface area contributed by atoms with Crippen molar-refractivity contribution in [3.8, 4) is 0 Å². The van der Waals surface area contributed by atoms with Crippen molar-refractivity contribution >= 4 is 41.4 Å². The van der Waals surface area contributed by atoms with Crippen LogP contribution in [0.1, 0.15) is 70.2 Å². The Morgan fingerprint density at radius 1 is 0.588 bits per heavy atom. The molecule has 0 fully saturated rings. The molecule has 0 saturated heterocycles. The molecule has 34 heavy (non-hydrogen) atoms. The average Bonchev–Trinajstić information content (AvgIpc) is 3.19. The monoisotopic (exact) mass is 462 g/mol. The van der Waals surface area contributed by atoms with Crippen molar-refractivity contribution in [2.75, 3.05) is 13.1 Å². The maximum atomic E-state index is 13.0. The van der Waals surface area contributed by atoms with Crippen molar-refractivity contribution in [2.24, 2.45) is 0 Å². The van der Waals surface area contributed by atoms with Crippen molar-refractivity contribution < 1.29 is 43.8 Å². The summed E-state index contributed by atoms with van der Waals surface area (Å²) in [6, 6.07) is 7.63. The lowest BCUT2D eigenvalue weighted by Crippen LogP contribution is -2.34. The molecule has 172 valence electrons. The second kappa shape index (κ2) is 8.35. The number of ketones is 1. The summed E-state index contributed by atoms with van der Waals surface area (Å²) < 4.78 is 0. The number of hydrogen-bond acceptors (Lipinski definition) is 9. The third kappa shape index (κ3) is 3.72. The highest BCUT2D eigenvalue weighted by atomic mass is 16.4. The van der Waals surface area contributed by atoms with Gasteiger partial charge in [0.1, 0.15) is 0 Å². The normalized spacial score (nSPS) is 14.5. The summed E-state index contributed by atoms with van der Waals surface area (Å²) in [5.41, 5.74) is 0.000809. The first-order valence-corrected chi connectivity index (χ1v) is 10.0. The van der Waals surface area contributed by atoms with Crippen LogP contribution in [0.3, 0.4) is 0 Å². The quantitative estimate of drug-likeness (QED) is 0.330. The number of carboxylic acids is 2. The zero-order valence-corrected chi connectivity index (χ0v) is 17.4. The maximum absolute atomic E-state index is 13.0. The summed E-state index contributed by atoms with van der Waals surface area (Å²) in [4.78, 5) is 85.8. The predicted octanol–water partition coefficient (Wildman–Crippen LogP) is -1.61. The molecule has 11 heteroatoms. The number of carbonyl (C=O) groups excluding carboxylic acids is 7. The fraction of sp³-hybridized carbons (Fsp3) is 0.174. The van der Waals surface area contributed by atoms with Gasteiger partial charge < -0.3 is 19.8 Å². The van der Waals surface area contributed by atoms with E-state index in [4.69, 9.17) is 0 Å². The minimum atomic E-state index is -1.42. The van der Waals surface area contributed by atoms with E-state index in [1.165, 1.54) is 36.4 Å². The molecule has 0 aromatic heterocycles. The SMILES string of the molecule is O=C([O-])CCN1C(=O)c2ccc(C(=O)c3ccc4c(c3)C(=O)N(CCC(=O)[O-])C4=O)cc2C1=O. The number of carbonyl (C=O) groups is 7. The van der Waals surface area contributed by atoms with E-state index in [2.05, 4.69) is 0 Å². The van der Waals surface area contributed by atoms with E-state index in [1.54, 1.807) is 0 Å². The smallest absolute Gasteiger partial charge is 0.261 e. The van der Waals surface area contributed by atoms with Crippen LogP contribution < -0.4 is 10.2 Å². The molecule has 0 saturated carbocycles. The van der Waals surface area contributed by atoms with Crippen molar-refractivity contribution in [2.45, 2.75) is 12.8 Å². The minimum absolute atomic E-state index is 0.0261. The minimum Gasteiger partial charge on any atom is -0.550 e. The van der Waals surface area contributed by atoms with E-state index in [0.29, 0.717) is 0 Å². The number of imide groups is 2. The molecule has 4 rings (SSSR count). The van der Waals surface area contributed by atoms with Crippen molar-refractivity contribution in [1.82, 2.24) is 9.80 Å². The van der Waals surface area contributed by atoms with Crippen LogP contribution in [0.5, 0.6) is 0 Å². The molecule has 0 N–H and O–H groups in total. The largest absolute Gasteiger partial charge is 0.550 e. The van der Waals surface area contributed by atoms with Gasteiger partial charge in [-0.15, -0.1) is 0 Å². The molecule has 2 aromatic rings. The third-order valence-corrected chi connectivity index (χ3v) is 5.54. The van der Waals surface area contributed by atoms with Crippen LogP contribution in [-0.2, 0) is 9.59 Å². The van der Waals surface area contributed by atoms with Crippen LogP contribution in [0.4, 0.5) is 0 Å². The molecule has 0 spiro atoms. The molecule has 0 atom stereocenters. The Bertz CT molecular complexity index is 1230. The fourth-order valence-corrected chi connectivity index (χ4v) is 3.84. The van der Waals surface area contributed by atoms with Crippen LogP contribution in [-0.4, -0.2) is 64.2 Å². The maximum Gasteiger partial charge on any atom is 0.261 e. The molecule has 2 aromatic carbocycles. The first kappa shape index (κ1) is 22.5. The topological polar surface area (TPSA) is 172 Å². The number of benzene rings is 2. The predicted molar refractivity (Wildman–Crippen MR) is 106 cm³/mol. The molecule has 2 heterocycles. The Morgan fingerprint density at radius 2 is 0.941 bits per heavy atom. The lowest BCUT2D eigenvalue weighted by Gasteiger charge is -2.13. The Labute approximate surface area is 191 Å². The van der Waals surface area contributed by atoms with Gasteiger partial charge in [-0.3, -0.25) is 33.8 Å². The Morgan fingerprint density at radius 3 is 1.29 bits per heavy atom. The van der Waals surface area contributed by atoms with Gasteiger partial charge >= 0.3 is 0 Å². The van der Waals surface area contributed by atoms with Gasteiger partial charge in [-0.1, -0.05) is 12.1 Å². The van der Waals surface area contributed by atoms with Crippen LogP contribution in [0.15, 0.2) is 36.4 Å². The van der Waals surface area contributed by atoms with E-state index in [0.717, 1.165) is 9.80 Å². The number of rotatable bonds is 8. The molecule has 11 nitrogen and oxygen atoms in total. The molecular formula is C23H14N2O9-2. The molecule has 0 radical (unpaired) electrons. The van der Waals surface area contributed by atoms with E-state index in [9.17, 15) is 43.8 Å². The number of nitrogens with zero attached hydrogens (tertiary/aromatic N) is 2. The molecule has 2 aliphatic rings. The van der Waals surface area contributed by atoms with Crippen LogP contribution in [0.25, 0.3) is 0 Å². The van der Waals surface area contributed by atoms with Gasteiger partial charge in [0.2, 0.25) is 0 Å². The Kier molecular flexibility index (Phi) is 5.53. The fourth-order valence-electron chi connectivity index (χ4n) is 3.84. The van der Waals surface area contributed by atoms with E-state index < -0.39 is 54.2 Å². The number of amides is 4. The summed E-state index contributed by atoms with van der Waals surface area (Å²) in [6.45, 7) is -0.735. The summed E-state index contributed by atoms with van der Waals surface area (Å²) in [6.07, 6.45) is -1.06. The van der Waals surface area contributed by atoms with E-state index in [1.807, 2.05) is 0 Å². The molecule has 2 aliphatic heterocycles. The standard InChI is InChI=1S/C23H16N2O9/c26-17(27)5-7-24-20(31)13-3-1-11(9-15(13)22(24)33)19(30)12-2-4-14-16(10-12)23(34)25(21(14)32)8-6-18(28)29/h1-4,9-10H,5-8H2,(H,26,27)(H,28,29)/p-2. The molecule has 0 bridgehead atoms. The summed E-state index contributed by atoms with van der Waals surface area (Å²) in [7, 11) is 0. The zero-order valence-electron chi connectivity index (χ0n) is 17.4. The highest BCUT2D eigenvalue weighted by Gasteiger charge is 2.37. The first-order valence-electron chi connectivity index (χ1n) is 10.0. The molecule has 0 aliphatic carbocycles. The average molecular weight is 462 g/mol. The highest BCUT2D eigenvalue weighted by molar-refractivity contribution is 6.24. The Hall–Kier alpha value is -4.67. The second-order valence-electron chi connectivity index (χ2n) is 7.62. The van der Waals surface area contributed by atoms with Gasteiger partial charge in [0, 0.05) is 49.0 Å². The molecular weight excluding hydrogens is 448 g/mol. The zero-order chi connectivity index (χ0) is 24.7. The first-order chi connectivity index (χ1) is 16.1. The lowest BCUT2D eigenvalue weighted by molar-refractivity contribution is -0.307. The Balaban J connectivity index is 1.60. The van der Waals surface area contributed by atoms with Crippen molar-refractivity contribution in [1.29, 1.82) is 0 Å². The number of carboxylic acid groups (broad SMARTS) is 2. The second-order valence-corrected chi connectivity index (χ2v) is 7.62. The van der Waals surface area contributed by atoms with Gasteiger partial charge in [-0.2, -0.15) is 0 Å².